The van der Waals surface area contributed by atoms with Gasteiger partial charge in [0.2, 0.25) is 5.91 Å². The predicted octanol–water partition coefficient (Wildman–Crippen LogP) is 3.36. The van der Waals surface area contributed by atoms with Gasteiger partial charge in [0.15, 0.2) is 11.5 Å². The van der Waals surface area contributed by atoms with E-state index in [-0.39, 0.29) is 11.4 Å². The Hall–Kier alpha value is -2.78. The molecule has 0 atom stereocenters. The lowest BCUT2D eigenvalue weighted by Crippen LogP contribution is -2.41. The molecule has 0 aromatic heterocycles. The van der Waals surface area contributed by atoms with Crippen molar-refractivity contribution in [3.8, 4) is 11.5 Å². The zero-order valence-electron chi connectivity index (χ0n) is 19.2. The molecule has 180 valence electrons. The van der Waals surface area contributed by atoms with Gasteiger partial charge in [0.05, 0.1) is 30.9 Å². The van der Waals surface area contributed by atoms with E-state index in [1.165, 1.54) is 39.2 Å². The Kier molecular flexibility index (Phi) is 8.96. The van der Waals surface area contributed by atoms with Gasteiger partial charge in [0.25, 0.3) is 10.0 Å². The van der Waals surface area contributed by atoms with Crippen molar-refractivity contribution in [3.05, 3.63) is 48.5 Å². The first-order chi connectivity index (χ1) is 16.0. The number of sulfonamides is 1. The minimum Gasteiger partial charge on any atom is -0.493 e. The summed E-state index contributed by atoms with van der Waals surface area (Å²) >= 11 is 0. The summed E-state index contributed by atoms with van der Waals surface area (Å²) in [6.07, 6.45) is 5.63. The van der Waals surface area contributed by atoms with Crippen LogP contribution < -0.4 is 19.1 Å². The molecule has 1 aliphatic rings. The lowest BCUT2D eigenvalue weighted by molar-refractivity contribution is -0.119. The van der Waals surface area contributed by atoms with Crippen LogP contribution >= 0.6 is 0 Å². The molecule has 1 amide bonds. The summed E-state index contributed by atoms with van der Waals surface area (Å²) in [5, 5.41) is 2.80. The number of nitrogens with one attached hydrogen (secondary N) is 1. The van der Waals surface area contributed by atoms with Crippen LogP contribution in [0.5, 0.6) is 11.5 Å². The zero-order chi connectivity index (χ0) is 23.7. The molecule has 0 heterocycles. The Bertz CT molecular complexity index is 1010. The highest BCUT2D eigenvalue weighted by Gasteiger charge is 2.28. The molecule has 0 saturated heterocycles. The largest absolute Gasteiger partial charge is 0.493 e. The van der Waals surface area contributed by atoms with Gasteiger partial charge in [-0.3, -0.25) is 9.10 Å². The van der Waals surface area contributed by atoms with Crippen LogP contribution in [0, 0.1) is 0 Å². The number of carbonyl (C=O) groups excluding carboxylic acids is 1. The first-order valence-corrected chi connectivity index (χ1v) is 12.6. The highest BCUT2D eigenvalue weighted by Crippen LogP contribution is 2.33. The summed E-state index contributed by atoms with van der Waals surface area (Å²) in [5.41, 5.74) is 0.302. The summed E-state index contributed by atoms with van der Waals surface area (Å²) < 4.78 is 44.3. The summed E-state index contributed by atoms with van der Waals surface area (Å²) in [6.45, 7) is 0.625. The number of ether oxygens (including phenoxy) is 3. The van der Waals surface area contributed by atoms with Crippen LogP contribution in [0.2, 0.25) is 0 Å². The van der Waals surface area contributed by atoms with Crippen LogP contribution in [0.1, 0.15) is 32.1 Å². The average molecular weight is 477 g/mol. The number of carbonyl (C=O) groups is 1. The highest BCUT2D eigenvalue weighted by atomic mass is 32.2. The molecule has 33 heavy (non-hydrogen) atoms. The molecule has 1 fully saturated rings. The molecule has 1 aliphatic carbocycles. The maximum Gasteiger partial charge on any atom is 0.264 e. The Balaban J connectivity index is 1.71. The lowest BCUT2D eigenvalue weighted by atomic mass is 10.2. The Morgan fingerprint density at radius 1 is 1.03 bits per heavy atom. The summed E-state index contributed by atoms with van der Waals surface area (Å²) in [5.74, 6) is 0.433. The van der Waals surface area contributed by atoms with E-state index in [2.05, 4.69) is 5.32 Å². The monoisotopic (exact) mass is 476 g/mol. The lowest BCUT2D eigenvalue weighted by Gasteiger charge is -2.25. The van der Waals surface area contributed by atoms with E-state index in [4.69, 9.17) is 14.2 Å². The van der Waals surface area contributed by atoms with Gasteiger partial charge < -0.3 is 19.5 Å². The molecule has 1 saturated carbocycles. The standard InChI is InChI=1S/C24H32N2O6S/c1-30-22-14-13-19(17-23(22)31-2)26(33(28,29)21-11-4-3-5-12-21)18-24(27)25-15-8-16-32-20-9-6-7-10-20/h3-5,11-14,17,20H,6-10,15-16,18H2,1-2H3,(H,25,27). The number of benzene rings is 2. The van der Waals surface area contributed by atoms with Crippen LogP contribution in [-0.2, 0) is 19.6 Å². The number of amides is 1. The fourth-order valence-corrected chi connectivity index (χ4v) is 5.24. The van der Waals surface area contributed by atoms with Crippen molar-refractivity contribution in [2.45, 2.75) is 43.1 Å². The van der Waals surface area contributed by atoms with Gasteiger partial charge in [0.1, 0.15) is 6.54 Å². The average Bonchev–Trinajstić information content (AvgIpc) is 3.36. The van der Waals surface area contributed by atoms with E-state index >= 15 is 0 Å². The summed E-state index contributed by atoms with van der Waals surface area (Å²) in [7, 11) is -1.02. The number of nitrogens with zero attached hydrogens (tertiary/aromatic N) is 1. The van der Waals surface area contributed by atoms with Gasteiger partial charge in [-0.1, -0.05) is 31.0 Å². The van der Waals surface area contributed by atoms with E-state index < -0.39 is 15.9 Å². The maximum absolute atomic E-state index is 13.4. The molecule has 0 radical (unpaired) electrons. The molecular weight excluding hydrogens is 444 g/mol. The topological polar surface area (TPSA) is 94.2 Å². The fourth-order valence-electron chi connectivity index (χ4n) is 3.81. The van der Waals surface area contributed by atoms with Gasteiger partial charge in [-0.2, -0.15) is 0 Å². The van der Waals surface area contributed by atoms with Crippen molar-refractivity contribution >= 4 is 21.6 Å². The van der Waals surface area contributed by atoms with Gasteiger partial charge in [0, 0.05) is 19.2 Å². The normalized spacial score (nSPS) is 14.1. The fraction of sp³-hybridized carbons (Fsp3) is 0.458. The van der Waals surface area contributed by atoms with Gasteiger partial charge in [-0.25, -0.2) is 8.42 Å². The first-order valence-electron chi connectivity index (χ1n) is 11.1. The molecule has 0 unspecified atom stereocenters. The molecule has 0 aliphatic heterocycles. The van der Waals surface area contributed by atoms with Crippen LogP contribution in [0.25, 0.3) is 0 Å². The van der Waals surface area contributed by atoms with Crippen LogP contribution in [0.4, 0.5) is 5.69 Å². The molecule has 1 N–H and O–H groups in total. The van der Waals surface area contributed by atoms with Crippen molar-refractivity contribution in [1.82, 2.24) is 5.32 Å². The van der Waals surface area contributed by atoms with Crippen molar-refractivity contribution in [3.63, 3.8) is 0 Å². The van der Waals surface area contributed by atoms with Crippen molar-refractivity contribution in [1.29, 1.82) is 0 Å². The van der Waals surface area contributed by atoms with Gasteiger partial charge in [-0.05, 0) is 43.5 Å². The number of hydrogen-bond donors (Lipinski definition) is 1. The molecule has 2 aromatic rings. The van der Waals surface area contributed by atoms with Crippen LogP contribution in [-0.4, -0.2) is 54.3 Å². The van der Waals surface area contributed by atoms with Crippen molar-refractivity contribution in [2.75, 3.05) is 38.2 Å². The first kappa shape index (κ1) is 24.9. The number of rotatable bonds is 12. The van der Waals surface area contributed by atoms with E-state index in [1.54, 1.807) is 36.4 Å². The molecule has 0 bridgehead atoms. The van der Waals surface area contributed by atoms with Crippen molar-refractivity contribution < 1.29 is 27.4 Å². The summed E-state index contributed by atoms with van der Waals surface area (Å²) in [4.78, 5) is 12.8. The number of hydrogen-bond acceptors (Lipinski definition) is 6. The second-order valence-corrected chi connectivity index (χ2v) is 9.71. The van der Waals surface area contributed by atoms with Gasteiger partial charge >= 0.3 is 0 Å². The molecule has 9 heteroatoms. The quantitative estimate of drug-likeness (QED) is 0.472. The minimum absolute atomic E-state index is 0.0950. The molecule has 0 spiro atoms. The second kappa shape index (κ2) is 11.9. The van der Waals surface area contributed by atoms with Crippen LogP contribution in [0.3, 0.4) is 0 Å². The smallest absolute Gasteiger partial charge is 0.264 e. The van der Waals surface area contributed by atoms with Crippen LogP contribution in [0.15, 0.2) is 53.4 Å². The molecule has 2 aromatic carbocycles. The van der Waals surface area contributed by atoms with Crippen molar-refractivity contribution in [2.24, 2.45) is 0 Å². The Morgan fingerprint density at radius 2 is 1.73 bits per heavy atom. The SMILES string of the molecule is COc1ccc(N(CC(=O)NCCCOC2CCCC2)S(=O)(=O)c2ccccc2)cc1OC. The second-order valence-electron chi connectivity index (χ2n) is 7.84. The van der Waals surface area contributed by atoms with E-state index in [1.807, 2.05) is 0 Å². The minimum atomic E-state index is -3.99. The number of anilines is 1. The van der Waals surface area contributed by atoms with E-state index in [9.17, 15) is 13.2 Å². The number of methoxy groups -OCH3 is 2. The third-order valence-electron chi connectivity index (χ3n) is 5.57. The van der Waals surface area contributed by atoms with E-state index in [0.29, 0.717) is 42.9 Å². The molecule has 8 nitrogen and oxygen atoms in total. The van der Waals surface area contributed by atoms with Gasteiger partial charge in [-0.15, -0.1) is 0 Å². The molecule has 3 rings (SSSR count). The Labute approximate surface area is 195 Å². The Morgan fingerprint density at radius 3 is 2.39 bits per heavy atom. The third-order valence-corrected chi connectivity index (χ3v) is 7.36. The zero-order valence-corrected chi connectivity index (χ0v) is 20.0. The maximum atomic E-state index is 13.4. The highest BCUT2D eigenvalue weighted by molar-refractivity contribution is 7.92. The summed E-state index contributed by atoms with van der Waals surface area (Å²) in [6, 6.07) is 12.8. The molecular formula is C24H32N2O6S. The van der Waals surface area contributed by atoms with E-state index in [0.717, 1.165) is 17.1 Å². The third kappa shape index (κ3) is 6.61. The predicted molar refractivity (Wildman–Crippen MR) is 126 cm³/mol.